The van der Waals surface area contributed by atoms with Crippen molar-refractivity contribution < 1.29 is 8.85 Å². The van der Waals surface area contributed by atoms with Crippen LogP contribution in [0.15, 0.2) is 22.7 Å². The second-order valence-electron chi connectivity index (χ2n) is 1.30. The molecule has 0 fully saturated rings. The molecule has 0 aliphatic carbocycles. The molecule has 9 heavy (non-hydrogen) atoms. The largest absolute Gasteiger partial charge is 0.480 e. The topological polar surface area (TPSA) is 22.1 Å². The Morgan fingerprint density at radius 1 is 1.89 bits per heavy atom. The van der Waals surface area contributed by atoms with Crippen LogP contribution < -0.4 is 4.74 Å². The fourth-order valence-electron chi connectivity index (χ4n) is 0.399. The summed E-state index contributed by atoms with van der Waals surface area (Å²) in [7, 11) is 1.40. The van der Waals surface area contributed by atoms with Gasteiger partial charge in [-0.1, -0.05) is 0 Å². The van der Waals surface area contributed by atoms with Gasteiger partial charge in [0, 0.05) is 6.17 Å². The van der Waals surface area contributed by atoms with Crippen LogP contribution in [0.1, 0.15) is 4.11 Å². The molecule has 0 aliphatic rings. The van der Waals surface area contributed by atoms with Crippen LogP contribution in [-0.4, -0.2) is 12.1 Å². The molecule has 0 atom stereocenters. The number of aromatic nitrogens is 1. The quantitative estimate of drug-likeness (QED) is 0.675. The van der Waals surface area contributed by atoms with E-state index in [1.165, 1.54) is 7.11 Å². The minimum Gasteiger partial charge on any atom is -0.480 e. The van der Waals surface area contributed by atoms with Crippen LogP contribution in [0.4, 0.5) is 0 Å². The third-order valence-corrected chi connectivity index (χ3v) is 1.30. The molecule has 1 heterocycles. The molecule has 2 nitrogen and oxygen atoms in total. The van der Waals surface area contributed by atoms with Gasteiger partial charge in [-0.3, -0.25) is 0 Å². The molecule has 1 rings (SSSR count). The predicted octanol–water partition coefficient (Wildman–Crippen LogP) is 1.85. The van der Waals surface area contributed by atoms with Crippen LogP contribution in [0.5, 0.6) is 5.88 Å². The number of halogens is 1. The molecule has 0 N–H and O–H groups in total. The number of ether oxygens (including phenoxy) is 1. The first-order valence-electron chi connectivity index (χ1n) is 3.75. The van der Waals surface area contributed by atoms with Gasteiger partial charge in [-0.2, -0.15) is 0 Å². The van der Waals surface area contributed by atoms with Gasteiger partial charge in [0.2, 0.25) is 5.88 Å². The Kier molecular flexibility index (Phi) is 1.12. The fraction of sp³-hybridized carbons (Fsp3) is 0.167. The smallest absolute Gasteiger partial charge is 0.227 e. The lowest BCUT2D eigenvalue weighted by molar-refractivity contribution is 0.395. The number of pyridine rings is 1. The highest BCUT2D eigenvalue weighted by Gasteiger charge is 1.95. The van der Waals surface area contributed by atoms with Crippen molar-refractivity contribution in [2.75, 3.05) is 7.11 Å². The molecule has 0 aliphatic heterocycles. The fourth-order valence-corrected chi connectivity index (χ4v) is 0.749. The third-order valence-electron chi connectivity index (χ3n) is 0.767. The first-order valence-corrected chi connectivity index (χ1v) is 3.04. The Labute approximate surface area is 66.2 Å². The number of nitrogens with zero attached hydrogens (tertiary/aromatic N) is 1. The van der Waals surface area contributed by atoms with Gasteiger partial charge in [0.25, 0.3) is 0 Å². The average molecular weight is 191 g/mol. The van der Waals surface area contributed by atoms with E-state index in [1.54, 1.807) is 0 Å². The molecule has 0 spiro atoms. The zero-order valence-electron chi connectivity index (χ0n) is 7.73. The van der Waals surface area contributed by atoms with Gasteiger partial charge in [0.15, 0.2) is 0 Å². The lowest BCUT2D eigenvalue weighted by atomic mass is 10.5. The molecular weight excluding hydrogens is 182 g/mol. The Bertz CT molecular complexity index is 318. The zero-order chi connectivity index (χ0) is 9.30. The van der Waals surface area contributed by atoms with Gasteiger partial charge in [-0.25, -0.2) is 4.98 Å². The molecular formula is C6H6BrNO. The molecule has 0 saturated heterocycles. The summed E-state index contributed by atoms with van der Waals surface area (Å²) in [6.45, 7) is 0. The van der Waals surface area contributed by atoms with E-state index in [-0.39, 0.29) is 24.1 Å². The van der Waals surface area contributed by atoms with E-state index in [1.807, 2.05) is 0 Å². The number of methoxy groups -OCH3 is 1. The van der Waals surface area contributed by atoms with Gasteiger partial charge in [0.1, 0.15) is 0 Å². The minimum absolute atomic E-state index is 0.0770. The molecule has 1 aromatic rings. The van der Waals surface area contributed by atoms with E-state index >= 15 is 0 Å². The van der Waals surface area contributed by atoms with Gasteiger partial charge in [-0.15, -0.1) is 0 Å². The van der Waals surface area contributed by atoms with Crippen molar-refractivity contribution in [1.82, 2.24) is 4.98 Å². The maximum atomic E-state index is 7.35. The monoisotopic (exact) mass is 190 g/mol. The molecule has 0 amide bonds. The Hall–Kier alpha value is -0.570. The Morgan fingerprint density at radius 2 is 2.67 bits per heavy atom. The molecule has 1 aromatic heterocycles. The summed E-state index contributed by atoms with van der Waals surface area (Å²) in [6, 6.07) is -0.283. The SMILES string of the molecule is [2H]c1nc(OC)c(Br)c([2H])c1[2H]. The Balaban J connectivity index is 3.39. The minimum atomic E-state index is -0.250. The highest BCUT2D eigenvalue weighted by Crippen LogP contribution is 2.19. The summed E-state index contributed by atoms with van der Waals surface area (Å²) in [6.07, 6.45) is -0.250. The summed E-state index contributed by atoms with van der Waals surface area (Å²) in [5.41, 5.74) is 0. The third kappa shape index (κ3) is 1.42. The van der Waals surface area contributed by atoms with Gasteiger partial charge in [-0.05, 0) is 28.0 Å². The van der Waals surface area contributed by atoms with Crippen molar-refractivity contribution in [3.05, 3.63) is 22.7 Å². The summed E-state index contributed by atoms with van der Waals surface area (Å²) >= 11 is 3.05. The van der Waals surface area contributed by atoms with Crippen molar-refractivity contribution in [2.45, 2.75) is 0 Å². The normalized spacial score (nSPS) is 13.8. The number of rotatable bonds is 1. The second-order valence-corrected chi connectivity index (χ2v) is 2.09. The average Bonchev–Trinajstić information content (AvgIpc) is 2.08. The second kappa shape index (κ2) is 2.82. The van der Waals surface area contributed by atoms with E-state index in [4.69, 9.17) is 8.85 Å². The van der Waals surface area contributed by atoms with Crippen molar-refractivity contribution in [2.24, 2.45) is 0 Å². The van der Waals surface area contributed by atoms with Gasteiger partial charge >= 0.3 is 0 Å². The van der Waals surface area contributed by atoms with Crippen LogP contribution >= 0.6 is 15.9 Å². The molecule has 48 valence electrons. The van der Waals surface area contributed by atoms with Gasteiger partial charge in [0.05, 0.1) is 15.7 Å². The standard InChI is InChI=1S/C6H6BrNO/c1-9-6-5(7)3-2-4-8-6/h2-4H,1H3/i2D,3D,4D. The van der Waals surface area contributed by atoms with Crippen LogP contribution in [0.3, 0.4) is 0 Å². The molecule has 0 aromatic carbocycles. The molecule has 3 heteroatoms. The highest BCUT2D eigenvalue weighted by atomic mass is 79.9. The lowest BCUT2D eigenvalue weighted by Gasteiger charge is -1.97. The summed E-state index contributed by atoms with van der Waals surface area (Å²) < 4.78 is 26.9. The van der Waals surface area contributed by atoms with E-state index < -0.39 is 0 Å². The summed E-state index contributed by atoms with van der Waals surface area (Å²) in [5, 5.41) is 0. The maximum absolute atomic E-state index is 7.35. The van der Waals surface area contributed by atoms with Gasteiger partial charge < -0.3 is 4.74 Å². The summed E-state index contributed by atoms with van der Waals surface area (Å²) in [4.78, 5) is 3.64. The van der Waals surface area contributed by atoms with E-state index in [9.17, 15) is 0 Å². The van der Waals surface area contributed by atoms with Crippen molar-refractivity contribution in [1.29, 1.82) is 0 Å². The van der Waals surface area contributed by atoms with E-state index in [2.05, 4.69) is 20.9 Å². The maximum Gasteiger partial charge on any atom is 0.227 e. The van der Waals surface area contributed by atoms with Crippen LogP contribution in [0, 0.1) is 0 Å². The number of hydrogen-bond acceptors (Lipinski definition) is 2. The van der Waals surface area contributed by atoms with Crippen molar-refractivity contribution >= 4 is 15.9 Å². The molecule has 0 unspecified atom stereocenters. The lowest BCUT2D eigenvalue weighted by Crippen LogP contribution is -1.86. The molecule has 0 bridgehead atoms. The number of hydrogen-bond donors (Lipinski definition) is 0. The summed E-state index contributed by atoms with van der Waals surface area (Å²) in [5.74, 6) is 0.168. The first-order chi connectivity index (χ1) is 5.57. The van der Waals surface area contributed by atoms with Crippen molar-refractivity contribution in [3.63, 3.8) is 0 Å². The van der Waals surface area contributed by atoms with Crippen LogP contribution in [-0.2, 0) is 0 Å². The molecule has 0 radical (unpaired) electrons. The predicted molar refractivity (Wildman–Crippen MR) is 38.5 cm³/mol. The van der Waals surface area contributed by atoms with Crippen LogP contribution in [0.2, 0.25) is 0 Å². The van der Waals surface area contributed by atoms with Crippen molar-refractivity contribution in [3.8, 4) is 5.88 Å². The Morgan fingerprint density at radius 3 is 3.33 bits per heavy atom. The first kappa shape index (κ1) is 3.56. The molecule has 0 saturated carbocycles. The highest BCUT2D eigenvalue weighted by molar-refractivity contribution is 9.10. The van der Waals surface area contributed by atoms with E-state index in [0.29, 0.717) is 4.47 Å². The van der Waals surface area contributed by atoms with Crippen LogP contribution in [0.25, 0.3) is 0 Å². The zero-order valence-corrected chi connectivity index (χ0v) is 6.32. The van der Waals surface area contributed by atoms with E-state index in [0.717, 1.165) is 0 Å².